The quantitative estimate of drug-likeness (QED) is 0.879. The Hall–Kier alpha value is 0.130. The van der Waals surface area contributed by atoms with E-state index in [1.54, 1.807) is 0 Å². The summed E-state index contributed by atoms with van der Waals surface area (Å²) in [4.78, 5) is 2.39. The van der Waals surface area contributed by atoms with Crippen molar-refractivity contribution in [3.8, 4) is 0 Å². The summed E-state index contributed by atoms with van der Waals surface area (Å²) >= 11 is 3.21. The summed E-state index contributed by atoms with van der Waals surface area (Å²) in [6.45, 7) is 3.13. The van der Waals surface area contributed by atoms with Crippen molar-refractivity contribution >= 4 is 40.7 Å². The van der Waals surface area contributed by atoms with Crippen LogP contribution in [0.4, 0.5) is 4.39 Å². The highest BCUT2D eigenvalue weighted by atomic mass is 79.9. The fraction of sp³-hybridized carbons (Fsp3) is 0.538. The lowest BCUT2D eigenvalue weighted by atomic mass is 10.1. The van der Waals surface area contributed by atoms with Crippen LogP contribution in [0.5, 0.6) is 0 Å². The largest absolute Gasteiger partial charge is 0.327 e. The molecule has 0 aromatic heterocycles. The van der Waals surface area contributed by atoms with Gasteiger partial charge in [0.15, 0.2) is 0 Å². The Labute approximate surface area is 134 Å². The molecule has 110 valence electrons. The maximum absolute atomic E-state index is 13.1. The van der Waals surface area contributed by atoms with E-state index in [0.717, 1.165) is 38.0 Å². The normalized spacial score (nSPS) is 19.4. The zero-order valence-corrected chi connectivity index (χ0v) is 13.9. The Kier molecular flexibility index (Phi) is 9.20. The first kappa shape index (κ1) is 19.1. The van der Waals surface area contributed by atoms with E-state index in [0.29, 0.717) is 10.5 Å². The van der Waals surface area contributed by atoms with Gasteiger partial charge in [-0.05, 0) is 59.4 Å². The Morgan fingerprint density at radius 3 is 2.74 bits per heavy atom. The topological polar surface area (TPSA) is 29.3 Å². The maximum Gasteiger partial charge on any atom is 0.137 e. The molecular formula is C13H20BrCl2FN2. The van der Waals surface area contributed by atoms with Crippen LogP contribution in [0.15, 0.2) is 22.7 Å². The second-order valence-electron chi connectivity index (χ2n) is 4.70. The second-order valence-corrected chi connectivity index (χ2v) is 5.56. The van der Waals surface area contributed by atoms with Gasteiger partial charge in [0.1, 0.15) is 5.82 Å². The first-order valence-corrected chi connectivity index (χ1v) is 6.86. The minimum atomic E-state index is -0.200. The second kappa shape index (κ2) is 9.14. The number of nitrogens with zero attached hydrogens (tertiary/aromatic N) is 1. The predicted octanol–water partition coefficient (Wildman–Crippen LogP) is 3.40. The Bertz CT molecular complexity index is 393. The van der Waals surface area contributed by atoms with Gasteiger partial charge >= 0.3 is 0 Å². The van der Waals surface area contributed by atoms with Gasteiger partial charge in [-0.3, -0.25) is 0 Å². The molecule has 0 aliphatic carbocycles. The third-order valence-electron chi connectivity index (χ3n) is 3.24. The highest BCUT2D eigenvalue weighted by molar-refractivity contribution is 9.10. The number of halogens is 4. The van der Waals surface area contributed by atoms with E-state index in [-0.39, 0.29) is 30.6 Å². The summed E-state index contributed by atoms with van der Waals surface area (Å²) in [6, 6.07) is 5.55. The lowest BCUT2D eigenvalue weighted by Gasteiger charge is -2.30. The maximum atomic E-state index is 13.1. The molecule has 1 saturated heterocycles. The van der Waals surface area contributed by atoms with Gasteiger partial charge in [0.25, 0.3) is 0 Å². The number of hydrogen-bond acceptors (Lipinski definition) is 2. The fourth-order valence-electron chi connectivity index (χ4n) is 2.28. The molecular weight excluding hydrogens is 354 g/mol. The zero-order chi connectivity index (χ0) is 12.3. The molecule has 0 spiro atoms. The summed E-state index contributed by atoms with van der Waals surface area (Å²) in [5, 5.41) is 0. The van der Waals surface area contributed by atoms with E-state index in [9.17, 15) is 4.39 Å². The summed E-state index contributed by atoms with van der Waals surface area (Å²) < 4.78 is 13.6. The third-order valence-corrected chi connectivity index (χ3v) is 3.85. The van der Waals surface area contributed by atoms with Gasteiger partial charge in [-0.25, -0.2) is 4.39 Å². The summed E-state index contributed by atoms with van der Waals surface area (Å²) in [5.74, 6) is -0.200. The molecule has 0 bridgehead atoms. The fourth-order valence-corrected chi connectivity index (χ4v) is 2.70. The zero-order valence-electron chi connectivity index (χ0n) is 10.6. The van der Waals surface area contributed by atoms with Gasteiger partial charge in [0, 0.05) is 19.1 Å². The van der Waals surface area contributed by atoms with Crippen LogP contribution in [-0.2, 0) is 6.42 Å². The third kappa shape index (κ3) is 5.96. The van der Waals surface area contributed by atoms with Gasteiger partial charge in [-0.1, -0.05) is 6.07 Å². The summed E-state index contributed by atoms with van der Waals surface area (Å²) in [6.07, 6.45) is 3.28. The highest BCUT2D eigenvalue weighted by Gasteiger charge is 2.16. The number of benzene rings is 1. The van der Waals surface area contributed by atoms with Gasteiger partial charge < -0.3 is 10.6 Å². The molecule has 0 amide bonds. The molecule has 6 heteroatoms. The smallest absolute Gasteiger partial charge is 0.137 e. The predicted molar refractivity (Wildman–Crippen MR) is 85.9 cm³/mol. The molecule has 0 radical (unpaired) electrons. The van der Waals surface area contributed by atoms with Crippen LogP contribution in [0.25, 0.3) is 0 Å². The molecule has 2 N–H and O–H groups in total. The average molecular weight is 374 g/mol. The number of hydrogen-bond donors (Lipinski definition) is 1. The van der Waals surface area contributed by atoms with Crippen LogP contribution in [0.3, 0.4) is 0 Å². The van der Waals surface area contributed by atoms with Gasteiger partial charge in [0.05, 0.1) is 4.47 Å². The molecule has 1 fully saturated rings. The standard InChI is InChI=1S/C13H18BrFN2.2ClH/c14-12-8-10(3-4-13(12)15)5-7-17-6-1-2-11(16)9-17;;/h3-4,8,11H,1-2,5-7,9,16H2;2*1H/t11-;;/m1../s1. The number of rotatable bonds is 3. The van der Waals surface area contributed by atoms with Crippen molar-refractivity contribution in [1.82, 2.24) is 4.90 Å². The van der Waals surface area contributed by atoms with Gasteiger partial charge in [-0.2, -0.15) is 0 Å². The van der Waals surface area contributed by atoms with Crippen molar-refractivity contribution in [2.45, 2.75) is 25.3 Å². The molecule has 2 rings (SSSR count). The van der Waals surface area contributed by atoms with E-state index >= 15 is 0 Å². The van der Waals surface area contributed by atoms with Crippen molar-refractivity contribution in [2.75, 3.05) is 19.6 Å². The molecule has 1 aliphatic rings. The molecule has 1 atom stereocenters. The van der Waals surface area contributed by atoms with E-state index in [1.165, 1.54) is 12.5 Å². The van der Waals surface area contributed by atoms with E-state index in [2.05, 4.69) is 20.8 Å². The lowest BCUT2D eigenvalue weighted by Crippen LogP contribution is -2.43. The first-order valence-electron chi connectivity index (χ1n) is 6.07. The van der Waals surface area contributed by atoms with Crippen molar-refractivity contribution < 1.29 is 4.39 Å². The first-order chi connectivity index (χ1) is 8.15. The summed E-state index contributed by atoms with van der Waals surface area (Å²) in [7, 11) is 0. The van der Waals surface area contributed by atoms with Gasteiger partial charge in [0.2, 0.25) is 0 Å². The highest BCUT2D eigenvalue weighted by Crippen LogP contribution is 2.17. The summed E-state index contributed by atoms with van der Waals surface area (Å²) in [5.41, 5.74) is 7.10. The number of likely N-dealkylation sites (tertiary alicyclic amines) is 1. The van der Waals surface area contributed by atoms with Crippen molar-refractivity contribution in [3.05, 3.63) is 34.1 Å². The average Bonchev–Trinajstić information content (AvgIpc) is 2.31. The van der Waals surface area contributed by atoms with Crippen LogP contribution >= 0.6 is 40.7 Å². The Morgan fingerprint density at radius 2 is 2.11 bits per heavy atom. The van der Waals surface area contributed by atoms with Crippen LogP contribution in [0.2, 0.25) is 0 Å². The Balaban J connectivity index is 0.00000162. The van der Waals surface area contributed by atoms with E-state index < -0.39 is 0 Å². The van der Waals surface area contributed by atoms with Crippen LogP contribution < -0.4 is 5.73 Å². The van der Waals surface area contributed by atoms with Crippen LogP contribution in [-0.4, -0.2) is 30.6 Å². The molecule has 1 aromatic rings. The van der Waals surface area contributed by atoms with Crippen molar-refractivity contribution in [3.63, 3.8) is 0 Å². The minimum Gasteiger partial charge on any atom is -0.327 e. The van der Waals surface area contributed by atoms with E-state index in [1.807, 2.05) is 12.1 Å². The van der Waals surface area contributed by atoms with E-state index in [4.69, 9.17) is 5.73 Å². The monoisotopic (exact) mass is 372 g/mol. The van der Waals surface area contributed by atoms with Crippen LogP contribution in [0, 0.1) is 5.82 Å². The Morgan fingerprint density at radius 1 is 1.37 bits per heavy atom. The minimum absolute atomic E-state index is 0. The number of nitrogens with two attached hydrogens (primary N) is 1. The molecule has 0 saturated carbocycles. The van der Waals surface area contributed by atoms with Crippen LogP contribution in [0.1, 0.15) is 18.4 Å². The molecule has 1 aliphatic heterocycles. The molecule has 0 unspecified atom stereocenters. The van der Waals surface area contributed by atoms with Crippen molar-refractivity contribution in [1.29, 1.82) is 0 Å². The molecule has 19 heavy (non-hydrogen) atoms. The SMILES string of the molecule is Cl.Cl.N[C@@H]1CCCN(CCc2ccc(F)c(Br)c2)C1. The lowest BCUT2D eigenvalue weighted by molar-refractivity contribution is 0.211. The molecule has 1 aromatic carbocycles. The molecule has 2 nitrogen and oxygen atoms in total. The van der Waals surface area contributed by atoms with Crippen molar-refractivity contribution in [2.24, 2.45) is 5.73 Å². The molecule has 1 heterocycles. The number of piperidine rings is 1. The van der Waals surface area contributed by atoms with Gasteiger partial charge in [-0.15, -0.1) is 24.8 Å².